The summed E-state index contributed by atoms with van der Waals surface area (Å²) in [6.07, 6.45) is -7.85. The number of hydrogen-bond acceptors (Lipinski definition) is 14. The van der Waals surface area contributed by atoms with Crippen LogP contribution in [0.3, 0.4) is 0 Å². The van der Waals surface area contributed by atoms with Crippen molar-refractivity contribution in [2.24, 2.45) is 5.73 Å². The van der Waals surface area contributed by atoms with Crippen molar-refractivity contribution < 1.29 is 64.3 Å². The first-order chi connectivity index (χ1) is 22.1. The lowest BCUT2D eigenvalue weighted by Gasteiger charge is -2.44. The van der Waals surface area contributed by atoms with Gasteiger partial charge in [0.05, 0.1) is 59.4 Å². The van der Waals surface area contributed by atoms with Crippen LogP contribution in [0.5, 0.6) is 17.2 Å². The Kier molecular flexibility index (Phi) is 10.0. The molecule has 0 radical (unpaired) electrons. The highest BCUT2D eigenvalue weighted by Crippen LogP contribution is 2.53. The third-order valence-corrected chi connectivity index (χ3v) is 9.19. The zero-order chi connectivity index (χ0) is 34.5. The van der Waals surface area contributed by atoms with Gasteiger partial charge in [-0.05, 0) is 33.8 Å². The Morgan fingerprint density at radius 3 is 2.34 bits per heavy atom. The van der Waals surface area contributed by atoms with E-state index in [2.05, 4.69) is 0 Å². The summed E-state index contributed by atoms with van der Waals surface area (Å²) < 4.78 is 24.2. The third kappa shape index (κ3) is 6.49. The number of nitrogens with two attached hydrogens (primary N) is 1. The molecule has 10 atom stereocenters. The van der Waals surface area contributed by atoms with Crippen LogP contribution in [0.25, 0.3) is 0 Å². The Labute approximate surface area is 271 Å². The summed E-state index contributed by atoms with van der Waals surface area (Å²) in [5, 5.41) is 74.9. The van der Waals surface area contributed by atoms with E-state index in [-0.39, 0.29) is 54.5 Å². The molecular formula is C33H43NO13. The predicted octanol–water partition coefficient (Wildman–Crippen LogP) is 1.04. The summed E-state index contributed by atoms with van der Waals surface area (Å²) in [5.74, 6) is -3.48. The molecule has 3 aliphatic rings. The number of aliphatic hydroxyl groups excluding tert-OH is 3. The minimum Gasteiger partial charge on any atom is -0.507 e. The van der Waals surface area contributed by atoms with Gasteiger partial charge in [-0.3, -0.25) is 9.59 Å². The van der Waals surface area contributed by atoms with Gasteiger partial charge in [0.2, 0.25) is 5.78 Å². The number of rotatable bonds is 10. The van der Waals surface area contributed by atoms with Crippen molar-refractivity contribution in [2.45, 2.75) is 114 Å². The van der Waals surface area contributed by atoms with Crippen molar-refractivity contribution in [3.05, 3.63) is 51.6 Å². The van der Waals surface area contributed by atoms with Gasteiger partial charge in [0.1, 0.15) is 23.4 Å². The number of benzene rings is 2. The third-order valence-electron chi connectivity index (χ3n) is 9.19. The molecule has 9 N–H and O–H groups in total. The predicted molar refractivity (Wildman–Crippen MR) is 163 cm³/mol. The average molecular weight is 662 g/mol. The molecule has 1 aliphatic heterocycles. The molecule has 14 heteroatoms. The molecule has 258 valence electrons. The minimum atomic E-state index is -1.88. The molecule has 0 saturated carbocycles. The molecule has 47 heavy (non-hydrogen) atoms. The first kappa shape index (κ1) is 35.1. The van der Waals surface area contributed by atoms with Crippen molar-refractivity contribution in [1.82, 2.24) is 0 Å². The lowest BCUT2D eigenvalue weighted by Crippen LogP contribution is -2.55. The summed E-state index contributed by atoms with van der Waals surface area (Å²) in [5.41, 5.74) is 3.00. The van der Waals surface area contributed by atoms with Crippen LogP contribution in [0.15, 0.2) is 18.2 Å². The number of carbonyl (C=O) groups excluding carboxylic acids is 2. The zero-order valence-corrected chi connectivity index (χ0v) is 26.6. The van der Waals surface area contributed by atoms with Gasteiger partial charge in [-0.15, -0.1) is 0 Å². The molecule has 2 aromatic rings. The number of phenols is 3. The molecule has 1 heterocycles. The number of ether oxygens (including phenoxy) is 4. The van der Waals surface area contributed by atoms with E-state index in [0.717, 1.165) is 0 Å². The lowest BCUT2D eigenvalue weighted by molar-refractivity contribution is -0.286. The summed E-state index contributed by atoms with van der Waals surface area (Å²) in [6.45, 7) is 5.99. The van der Waals surface area contributed by atoms with Gasteiger partial charge in [-0.2, -0.15) is 0 Å². The molecule has 14 nitrogen and oxygen atoms in total. The van der Waals surface area contributed by atoms with E-state index < -0.39 is 101 Å². The Morgan fingerprint density at radius 2 is 1.72 bits per heavy atom. The number of phenolic OH excluding ortho intramolecular Hbond substituents is 3. The van der Waals surface area contributed by atoms with E-state index in [4.69, 9.17) is 24.7 Å². The van der Waals surface area contributed by atoms with Gasteiger partial charge in [0, 0.05) is 48.4 Å². The minimum absolute atomic E-state index is 0.0429. The van der Waals surface area contributed by atoms with Crippen LogP contribution in [0.4, 0.5) is 0 Å². The summed E-state index contributed by atoms with van der Waals surface area (Å²) in [4.78, 5) is 27.1. The second-order valence-corrected chi connectivity index (χ2v) is 12.9. The van der Waals surface area contributed by atoms with Crippen LogP contribution >= 0.6 is 0 Å². The lowest BCUT2D eigenvalue weighted by atomic mass is 9.71. The first-order valence-electron chi connectivity index (χ1n) is 15.7. The number of hydrogen-bond donors (Lipinski definition) is 8. The SMILES string of the molecule is CC(O)CC(OC(C)CO)O[C@@H]1[C@H](C)O[C@@H](O[C@H]2C[C@](O)([C@@H](C)O)Cc3c(O)c4c(c(O)c32)C(=O)c2c(O)cccc2C4=O)C[C@@H]1N. The molecule has 2 aromatic carbocycles. The molecule has 0 bridgehead atoms. The molecular weight excluding hydrogens is 618 g/mol. The van der Waals surface area contributed by atoms with Crippen molar-refractivity contribution in [1.29, 1.82) is 0 Å². The van der Waals surface area contributed by atoms with Crippen LogP contribution in [0.1, 0.15) is 96.0 Å². The maximum Gasteiger partial charge on any atom is 0.202 e. The largest absolute Gasteiger partial charge is 0.507 e. The number of aromatic hydroxyl groups is 3. The number of aliphatic hydroxyl groups is 4. The van der Waals surface area contributed by atoms with Crippen LogP contribution in [-0.4, -0.2) is 109 Å². The topological polar surface area (TPSA) is 239 Å². The van der Waals surface area contributed by atoms with Gasteiger partial charge in [-0.1, -0.05) is 12.1 Å². The molecule has 0 aromatic heterocycles. The second-order valence-electron chi connectivity index (χ2n) is 12.9. The highest BCUT2D eigenvalue weighted by atomic mass is 16.7. The van der Waals surface area contributed by atoms with E-state index in [9.17, 15) is 45.3 Å². The maximum atomic E-state index is 13.6. The number of carbonyl (C=O) groups is 2. The fourth-order valence-electron chi connectivity index (χ4n) is 6.68. The van der Waals surface area contributed by atoms with E-state index in [0.29, 0.717) is 0 Å². The van der Waals surface area contributed by atoms with Crippen LogP contribution in [-0.2, 0) is 25.4 Å². The van der Waals surface area contributed by atoms with E-state index >= 15 is 0 Å². The highest BCUT2D eigenvalue weighted by Gasteiger charge is 2.49. The van der Waals surface area contributed by atoms with Crippen LogP contribution in [0, 0.1) is 0 Å². The van der Waals surface area contributed by atoms with E-state index in [1.54, 1.807) is 20.8 Å². The van der Waals surface area contributed by atoms with Crippen molar-refractivity contribution in [3.63, 3.8) is 0 Å². The van der Waals surface area contributed by atoms with Gasteiger partial charge in [0.15, 0.2) is 18.4 Å². The van der Waals surface area contributed by atoms with Gasteiger partial charge in [-0.25, -0.2) is 0 Å². The quantitative estimate of drug-likeness (QED) is 0.112. The van der Waals surface area contributed by atoms with Crippen molar-refractivity contribution in [2.75, 3.05) is 6.61 Å². The second kappa shape index (κ2) is 13.4. The first-order valence-corrected chi connectivity index (χ1v) is 15.7. The molecule has 2 aliphatic carbocycles. The fourth-order valence-corrected chi connectivity index (χ4v) is 6.68. The van der Waals surface area contributed by atoms with E-state index in [1.807, 2.05) is 0 Å². The summed E-state index contributed by atoms with van der Waals surface area (Å²) in [7, 11) is 0. The number of ketones is 2. The Morgan fingerprint density at radius 1 is 1.04 bits per heavy atom. The molecule has 5 rings (SSSR count). The van der Waals surface area contributed by atoms with Gasteiger partial charge >= 0.3 is 0 Å². The highest BCUT2D eigenvalue weighted by molar-refractivity contribution is 6.31. The summed E-state index contributed by atoms with van der Waals surface area (Å²) in [6, 6.07) is 3.22. The maximum absolute atomic E-state index is 13.6. The van der Waals surface area contributed by atoms with Gasteiger partial charge < -0.3 is 60.4 Å². The summed E-state index contributed by atoms with van der Waals surface area (Å²) >= 11 is 0. The standard InChI is InChI=1S/C33H43NO13/c1-13(36)8-22(44-14(2)12-35)47-32-15(3)45-23(9-19(32)34)46-21-11-33(43,16(4)37)10-18-25(21)31(42)27-26(29(18)40)28(39)17-6-5-7-20(38)24(17)30(27)41/h5-7,13-16,19,21-23,32,35-38,40,42-43H,8-12,34H2,1-4H3/t13?,14?,15-,16+,19-,21-,22?,23-,32+,33-/m0/s1. The monoisotopic (exact) mass is 661 g/mol. The number of fused-ring (bicyclic) bond motifs is 3. The zero-order valence-electron chi connectivity index (χ0n) is 26.6. The smallest absolute Gasteiger partial charge is 0.202 e. The van der Waals surface area contributed by atoms with Crippen molar-refractivity contribution in [3.8, 4) is 17.2 Å². The molecule has 0 amide bonds. The Hall–Kier alpha value is -3.18. The molecule has 1 fully saturated rings. The van der Waals surface area contributed by atoms with Crippen LogP contribution < -0.4 is 5.73 Å². The average Bonchev–Trinajstić information content (AvgIpc) is 2.98. The van der Waals surface area contributed by atoms with Crippen molar-refractivity contribution >= 4 is 11.6 Å². The normalized spacial score (nSPS) is 29.8. The Bertz CT molecular complexity index is 1510. The molecule has 0 spiro atoms. The van der Waals surface area contributed by atoms with Crippen LogP contribution in [0.2, 0.25) is 0 Å². The van der Waals surface area contributed by atoms with E-state index in [1.165, 1.54) is 25.1 Å². The fraction of sp³-hybridized carbons (Fsp3) is 0.576. The Balaban J connectivity index is 1.48. The van der Waals surface area contributed by atoms with Gasteiger partial charge in [0.25, 0.3) is 0 Å². The molecule has 1 saturated heterocycles. The molecule has 3 unspecified atom stereocenters.